The maximum absolute atomic E-state index is 11.9. The van der Waals surface area contributed by atoms with Gasteiger partial charge in [0, 0.05) is 25.4 Å². The fourth-order valence-electron chi connectivity index (χ4n) is 2.32. The first-order valence-electron chi connectivity index (χ1n) is 6.22. The van der Waals surface area contributed by atoms with Crippen molar-refractivity contribution in [1.29, 1.82) is 0 Å². The van der Waals surface area contributed by atoms with E-state index in [0.29, 0.717) is 24.6 Å². The summed E-state index contributed by atoms with van der Waals surface area (Å²) in [4.78, 5) is 28.9. The van der Waals surface area contributed by atoms with Crippen molar-refractivity contribution in [1.82, 2.24) is 19.9 Å². The zero-order valence-corrected chi connectivity index (χ0v) is 10.6. The summed E-state index contributed by atoms with van der Waals surface area (Å²) in [5.74, 6) is -0.713. The zero-order chi connectivity index (χ0) is 14.1. The summed E-state index contributed by atoms with van der Waals surface area (Å²) in [6.07, 6.45) is 3.11. The molecule has 1 aliphatic heterocycles. The summed E-state index contributed by atoms with van der Waals surface area (Å²) < 4.78 is 1.61. The maximum Gasteiger partial charge on any atom is 0.305 e. The number of carboxylic acids is 1. The molecule has 1 fully saturated rings. The number of rotatable bonds is 3. The Morgan fingerprint density at radius 2 is 2.35 bits per heavy atom. The quantitative estimate of drug-likeness (QED) is 0.784. The summed E-state index contributed by atoms with van der Waals surface area (Å²) in [5, 5.41) is 15.7. The lowest BCUT2D eigenvalue weighted by molar-refractivity contribution is -0.139. The van der Waals surface area contributed by atoms with Gasteiger partial charge in [0.05, 0.1) is 12.6 Å². The highest BCUT2D eigenvalue weighted by atomic mass is 16.4. The number of hydrogen-bond donors (Lipinski definition) is 2. The van der Waals surface area contributed by atoms with Gasteiger partial charge in [0.15, 0.2) is 5.65 Å². The number of piperazine rings is 1. The molecule has 3 rings (SSSR count). The predicted molar refractivity (Wildman–Crippen MR) is 69.4 cm³/mol. The third kappa shape index (κ3) is 2.15. The average Bonchev–Trinajstić information content (AvgIpc) is 2.88. The van der Waals surface area contributed by atoms with Crippen LogP contribution in [0.4, 0.5) is 5.82 Å². The highest BCUT2D eigenvalue weighted by molar-refractivity contribution is 5.90. The number of carbonyl (C=O) groups excluding carboxylic acids is 1. The first-order valence-corrected chi connectivity index (χ1v) is 6.22. The Bertz CT molecular complexity index is 668. The number of hydrogen-bond acceptors (Lipinski definition) is 5. The molecule has 2 aromatic heterocycles. The fraction of sp³-hybridized carbons (Fsp3) is 0.333. The summed E-state index contributed by atoms with van der Waals surface area (Å²) in [6, 6.07) is 2.74. The number of nitrogens with zero attached hydrogens (tertiary/aromatic N) is 4. The van der Waals surface area contributed by atoms with Gasteiger partial charge in [0.1, 0.15) is 11.9 Å². The highest BCUT2D eigenvalue weighted by Crippen LogP contribution is 2.19. The van der Waals surface area contributed by atoms with E-state index in [2.05, 4.69) is 15.4 Å². The van der Waals surface area contributed by atoms with Crippen molar-refractivity contribution < 1.29 is 14.7 Å². The van der Waals surface area contributed by atoms with Gasteiger partial charge in [0.2, 0.25) is 5.91 Å². The van der Waals surface area contributed by atoms with Gasteiger partial charge in [-0.1, -0.05) is 0 Å². The molecule has 3 heterocycles. The van der Waals surface area contributed by atoms with Gasteiger partial charge in [-0.3, -0.25) is 9.59 Å². The molecule has 2 N–H and O–H groups in total. The molecule has 1 amide bonds. The minimum absolute atomic E-state index is 0.252. The van der Waals surface area contributed by atoms with Crippen molar-refractivity contribution in [3.8, 4) is 0 Å². The third-order valence-corrected chi connectivity index (χ3v) is 3.24. The first kappa shape index (κ1) is 12.4. The third-order valence-electron chi connectivity index (χ3n) is 3.24. The molecule has 0 bridgehead atoms. The molecule has 0 aliphatic carbocycles. The number of carboxylic acid groups (broad SMARTS) is 1. The lowest BCUT2D eigenvalue weighted by Crippen LogP contribution is -2.56. The number of aliphatic carboxylic acids is 1. The van der Waals surface area contributed by atoms with E-state index in [4.69, 9.17) is 5.11 Å². The average molecular weight is 275 g/mol. The first-order chi connectivity index (χ1) is 9.65. The molecule has 0 saturated carbocycles. The topological polar surface area (TPSA) is 99.8 Å². The summed E-state index contributed by atoms with van der Waals surface area (Å²) >= 11 is 0. The molecule has 2 aromatic rings. The Balaban J connectivity index is 1.95. The van der Waals surface area contributed by atoms with Gasteiger partial charge < -0.3 is 15.3 Å². The number of fused-ring (bicyclic) bond motifs is 1. The Kier molecular flexibility index (Phi) is 2.97. The zero-order valence-electron chi connectivity index (χ0n) is 10.6. The summed E-state index contributed by atoms with van der Waals surface area (Å²) in [5.41, 5.74) is 0.655. The second kappa shape index (κ2) is 4.80. The van der Waals surface area contributed by atoms with Gasteiger partial charge in [-0.15, -0.1) is 0 Å². The number of amides is 1. The van der Waals surface area contributed by atoms with Crippen molar-refractivity contribution >= 4 is 23.3 Å². The van der Waals surface area contributed by atoms with Crippen molar-refractivity contribution in [2.45, 2.75) is 12.5 Å². The molecule has 0 radical (unpaired) electrons. The van der Waals surface area contributed by atoms with Gasteiger partial charge in [0.25, 0.3) is 0 Å². The smallest absolute Gasteiger partial charge is 0.305 e. The second-order valence-electron chi connectivity index (χ2n) is 4.52. The van der Waals surface area contributed by atoms with Crippen LogP contribution in [0.25, 0.3) is 5.65 Å². The van der Waals surface area contributed by atoms with Crippen molar-refractivity contribution in [3.05, 3.63) is 24.5 Å². The molecule has 1 unspecified atom stereocenters. The van der Waals surface area contributed by atoms with Gasteiger partial charge in [-0.2, -0.15) is 5.10 Å². The van der Waals surface area contributed by atoms with Crippen LogP contribution in [0.15, 0.2) is 24.5 Å². The van der Waals surface area contributed by atoms with Gasteiger partial charge in [-0.05, 0) is 6.07 Å². The molecule has 0 aromatic carbocycles. The van der Waals surface area contributed by atoms with E-state index in [1.165, 1.54) is 0 Å². The van der Waals surface area contributed by atoms with E-state index >= 15 is 0 Å². The molecule has 1 saturated heterocycles. The van der Waals surface area contributed by atoms with Crippen LogP contribution in [0.2, 0.25) is 0 Å². The Morgan fingerprint density at radius 1 is 1.50 bits per heavy atom. The van der Waals surface area contributed by atoms with Crippen molar-refractivity contribution in [2.75, 3.05) is 18.0 Å². The lowest BCUT2D eigenvalue weighted by atomic mass is 10.1. The SMILES string of the molecule is O=C(O)CC1C(=O)NCCN1c1ccn2nccc2n1. The monoisotopic (exact) mass is 275 g/mol. The number of nitrogens with one attached hydrogen (secondary N) is 1. The molecule has 1 aliphatic rings. The van der Waals surface area contributed by atoms with Crippen LogP contribution in [-0.4, -0.2) is 50.7 Å². The highest BCUT2D eigenvalue weighted by Gasteiger charge is 2.32. The summed E-state index contributed by atoms with van der Waals surface area (Å²) in [6.45, 7) is 1.00. The van der Waals surface area contributed by atoms with Crippen LogP contribution in [0, 0.1) is 0 Å². The minimum atomic E-state index is -1.01. The lowest BCUT2D eigenvalue weighted by Gasteiger charge is -2.35. The van der Waals surface area contributed by atoms with Crippen LogP contribution >= 0.6 is 0 Å². The standard InChI is InChI=1S/C12H13N5O3/c18-11(19)7-8-12(20)13-4-6-16(8)9-2-5-17-10(15-9)1-3-14-17/h1-3,5,8H,4,6-7H2,(H,13,20)(H,18,19). The van der Waals surface area contributed by atoms with E-state index < -0.39 is 12.0 Å². The van der Waals surface area contributed by atoms with Gasteiger partial charge in [-0.25, -0.2) is 9.50 Å². The molecule has 8 heteroatoms. The van der Waals surface area contributed by atoms with Crippen LogP contribution in [0.1, 0.15) is 6.42 Å². The number of aromatic nitrogens is 3. The van der Waals surface area contributed by atoms with Crippen molar-refractivity contribution in [3.63, 3.8) is 0 Å². The molecule has 8 nitrogen and oxygen atoms in total. The largest absolute Gasteiger partial charge is 0.481 e. The van der Waals surface area contributed by atoms with E-state index in [1.807, 2.05) is 0 Å². The number of carbonyl (C=O) groups is 2. The summed E-state index contributed by atoms with van der Waals surface area (Å²) in [7, 11) is 0. The van der Waals surface area contributed by atoms with Crippen LogP contribution in [0.5, 0.6) is 0 Å². The molecule has 0 spiro atoms. The molecule has 104 valence electrons. The van der Waals surface area contributed by atoms with E-state index in [0.717, 1.165) is 0 Å². The Labute approximate surface area is 114 Å². The molecule has 1 atom stereocenters. The Hall–Kier alpha value is -2.64. The number of anilines is 1. The minimum Gasteiger partial charge on any atom is -0.481 e. The Morgan fingerprint density at radius 3 is 3.15 bits per heavy atom. The molecular weight excluding hydrogens is 262 g/mol. The second-order valence-corrected chi connectivity index (χ2v) is 4.52. The van der Waals surface area contributed by atoms with E-state index in [9.17, 15) is 9.59 Å². The predicted octanol–water partition coefficient (Wildman–Crippen LogP) is -0.491. The van der Waals surface area contributed by atoms with Crippen LogP contribution < -0.4 is 10.2 Å². The van der Waals surface area contributed by atoms with E-state index in [1.54, 1.807) is 33.9 Å². The van der Waals surface area contributed by atoms with Crippen LogP contribution in [-0.2, 0) is 9.59 Å². The molecule has 20 heavy (non-hydrogen) atoms. The fourth-order valence-corrected chi connectivity index (χ4v) is 2.32. The maximum atomic E-state index is 11.9. The van der Waals surface area contributed by atoms with Crippen LogP contribution in [0.3, 0.4) is 0 Å². The van der Waals surface area contributed by atoms with E-state index in [-0.39, 0.29) is 12.3 Å². The van der Waals surface area contributed by atoms with Crippen molar-refractivity contribution in [2.24, 2.45) is 0 Å². The molecular formula is C12H13N5O3. The van der Waals surface area contributed by atoms with Gasteiger partial charge >= 0.3 is 5.97 Å². The normalized spacial score (nSPS) is 19.1.